The number of nitrogens with zero attached hydrogens (tertiary/aromatic N) is 2. The Balaban J connectivity index is 1.54. The van der Waals surface area contributed by atoms with Gasteiger partial charge in [-0.05, 0) is 54.9 Å². The molecule has 2 saturated heterocycles. The van der Waals surface area contributed by atoms with Crippen molar-refractivity contribution >= 4 is 20.0 Å². The summed E-state index contributed by atoms with van der Waals surface area (Å²) in [5.74, 6) is 0.981. The van der Waals surface area contributed by atoms with E-state index in [0.29, 0.717) is 12.5 Å². The van der Waals surface area contributed by atoms with Gasteiger partial charge in [-0.1, -0.05) is 6.07 Å². The lowest BCUT2D eigenvalue weighted by atomic mass is 9.77. The number of ether oxygens (including phenoxy) is 1. The first kappa shape index (κ1) is 22.0. The first-order valence-electron chi connectivity index (χ1n) is 10.5. The molecular weight excluding hydrogens is 426 g/mol. The summed E-state index contributed by atoms with van der Waals surface area (Å²) in [5, 5.41) is 0. The molecule has 0 spiro atoms. The molecule has 1 N–H and O–H groups in total. The third kappa shape index (κ3) is 4.52. The van der Waals surface area contributed by atoms with Gasteiger partial charge in [0.2, 0.25) is 20.0 Å². The molecular formula is C20H31N3O5S2. The molecule has 3 heterocycles. The van der Waals surface area contributed by atoms with Gasteiger partial charge in [-0.3, -0.25) is 4.90 Å². The molecule has 30 heavy (non-hydrogen) atoms. The molecule has 0 radical (unpaired) electrons. The van der Waals surface area contributed by atoms with Crippen LogP contribution in [0.2, 0.25) is 0 Å². The van der Waals surface area contributed by atoms with Crippen molar-refractivity contribution in [3.63, 3.8) is 0 Å². The second kappa shape index (κ2) is 8.38. The lowest BCUT2D eigenvalue weighted by molar-refractivity contribution is 0.0220. The fourth-order valence-corrected chi connectivity index (χ4v) is 7.61. The SMILES string of the molecule is COc1ccc2c(c1)CCN1C[C@@H]3CCCN(S(=O)(=O)CCNS(C)(=O)=O)[C@@H]3C[C@@H]21. The largest absolute Gasteiger partial charge is 0.497 e. The summed E-state index contributed by atoms with van der Waals surface area (Å²) in [6.45, 7) is 2.32. The molecule has 3 atom stereocenters. The highest BCUT2D eigenvalue weighted by molar-refractivity contribution is 7.89. The second-order valence-corrected chi connectivity index (χ2v) is 12.5. The van der Waals surface area contributed by atoms with Crippen LogP contribution in [0.5, 0.6) is 5.75 Å². The topological polar surface area (TPSA) is 96.0 Å². The zero-order valence-corrected chi connectivity index (χ0v) is 19.2. The highest BCUT2D eigenvalue weighted by Crippen LogP contribution is 2.44. The van der Waals surface area contributed by atoms with Crippen molar-refractivity contribution in [1.82, 2.24) is 13.9 Å². The molecule has 4 rings (SSSR count). The van der Waals surface area contributed by atoms with E-state index in [1.807, 2.05) is 6.07 Å². The van der Waals surface area contributed by atoms with Crippen LogP contribution >= 0.6 is 0 Å². The highest BCUT2D eigenvalue weighted by Gasteiger charge is 2.45. The monoisotopic (exact) mass is 457 g/mol. The minimum absolute atomic E-state index is 0.0312. The lowest BCUT2D eigenvalue weighted by Crippen LogP contribution is -2.58. The molecule has 1 aromatic carbocycles. The van der Waals surface area contributed by atoms with Gasteiger partial charge >= 0.3 is 0 Å². The standard InChI is InChI=1S/C20H31N3O5S2/c1-28-17-5-6-18-15(12-17)7-10-22-14-16-4-3-9-23(19(16)13-20(18)22)30(26,27)11-8-21-29(2,24)25/h5-6,12,16,19-21H,3-4,7-11,13-14H2,1-2H3/t16-,19+,20-/m0/s1. The van der Waals surface area contributed by atoms with Crippen LogP contribution in [0, 0.1) is 5.92 Å². The Hall–Kier alpha value is -1.20. The van der Waals surface area contributed by atoms with Gasteiger partial charge in [0.1, 0.15) is 5.75 Å². The van der Waals surface area contributed by atoms with Gasteiger partial charge in [-0.2, -0.15) is 4.31 Å². The quantitative estimate of drug-likeness (QED) is 0.684. The Labute approximate surface area is 179 Å². The number of methoxy groups -OCH3 is 1. The minimum atomic E-state index is -3.53. The van der Waals surface area contributed by atoms with Gasteiger partial charge in [0, 0.05) is 38.3 Å². The maximum absolute atomic E-state index is 13.1. The molecule has 0 amide bonds. The minimum Gasteiger partial charge on any atom is -0.497 e. The fraction of sp³-hybridized carbons (Fsp3) is 0.700. The molecule has 0 saturated carbocycles. The molecule has 1 aromatic rings. The van der Waals surface area contributed by atoms with Crippen LogP contribution < -0.4 is 9.46 Å². The summed E-state index contributed by atoms with van der Waals surface area (Å²) in [7, 11) is -5.27. The van der Waals surface area contributed by atoms with Crippen molar-refractivity contribution in [1.29, 1.82) is 0 Å². The number of fused-ring (bicyclic) bond motifs is 4. The average molecular weight is 458 g/mol. The van der Waals surface area contributed by atoms with E-state index in [1.54, 1.807) is 11.4 Å². The average Bonchev–Trinajstić information content (AvgIpc) is 2.70. The van der Waals surface area contributed by atoms with Crippen LogP contribution in [0.15, 0.2) is 18.2 Å². The van der Waals surface area contributed by atoms with Crippen LogP contribution in [0.3, 0.4) is 0 Å². The molecule has 3 aliphatic heterocycles. The Kier molecular flexibility index (Phi) is 6.15. The molecule has 8 nitrogen and oxygen atoms in total. The van der Waals surface area contributed by atoms with Crippen LogP contribution in [0.4, 0.5) is 0 Å². The van der Waals surface area contributed by atoms with Gasteiger partial charge in [-0.25, -0.2) is 21.6 Å². The van der Waals surface area contributed by atoms with Gasteiger partial charge < -0.3 is 4.74 Å². The number of sulfonamides is 2. The van der Waals surface area contributed by atoms with Gasteiger partial charge in [0.25, 0.3) is 0 Å². The number of hydrogen-bond donors (Lipinski definition) is 1. The van der Waals surface area contributed by atoms with Crippen molar-refractivity contribution in [2.45, 2.75) is 37.8 Å². The van der Waals surface area contributed by atoms with E-state index in [0.717, 1.165) is 50.8 Å². The first-order valence-corrected chi connectivity index (χ1v) is 14.0. The summed E-state index contributed by atoms with van der Waals surface area (Å²) in [6, 6.07) is 6.40. The fourth-order valence-electron chi connectivity index (χ4n) is 5.34. The highest BCUT2D eigenvalue weighted by atomic mass is 32.2. The first-order chi connectivity index (χ1) is 14.2. The molecule has 0 aliphatic carbocycles. The Morgan fingerprint density at radius 2 is 2.00 bits per heavy atom. The lowest BCUT2D eigenvalue weighted by Gasteiger charge is -2.51. The summed E-state index contributed by atoms with van der Waals surface area (Å²) in [4.78, 5) is 2.51. The summed E-state index contributed by atoms with van der Waals surface area (Å²) in [5.41, 5.74) is 2.57. The maximum Gasteiger partial charge on any atom is 0.215 e. The molecule has 0 aromatic heterocycles. The number of piperidine rings is 2. The number of nitrogens with one attached hydrogen (secondary N) is 1. The van der Waals surface area contributed by atoms with Crippen LogP contribution in [0.1, 0.15) is 36.4 Å². The third-order valence-electron chi connectivity index (χ3n) is 6.70. The second-order valence-electron chi connectivity index (χ2n) is 8.62. The van der Waals surface area contributed by atoms with Crippen molar-refractivity contribution in [3.05, 3.63) is 29.3 Å². The molecule has 10 heteroatoms. The smallest absolute Gasteiger partial charge is 0.215 e. The van der Waals surface area contributed by atoms with E-state index < -0.39 is 20.0 Å². The van der Waals surface area contributed by atoms with Gasteiger partial charge in [0.15, 0.2) is 0 Å². The Morgan fingerprint density at radius 1 is 1.20 bits per heavy atom. The van der Waals surface area contributed by atoms with E-state index in [9.17, 15) is 16.8 Å². The molecule has 2 fully saturated rings. The third-order valence-corrected chi connectivity index (χ3v) is 9.32. The molecule has 3 aliphatic rings. The Morgan fingerprint density at radius 3 is 2.73 bits per heavy atom. The van der Waals surface area contributed by atoms with Crippen molar-refractivity contribution in [3.8, 4) is 5.75 Å². The predicted molar refractivity (Wildman–Crippen MR) is 115 cm³/mol. The van der Waals surface area contributed by atoms with Crippen LogP contribution in [0.25, 0.3) is 0 Å². The van der Waals surface area contributed by atoms with Gasteiger partial charge in [-0.15, -0.1) is 0 Å². The normalized spacial score (nSPS) is 27.7. The van der Waals surface area contributed by atoms with Crippen molar-refractivity contribution < 1.29 is 21.6 Å². The summed E-state index contributed by atoms with van der Waals surface area (Å²) >= 11 is 0. The van der Waals surface area contributed by atoms with E-state index >= 15 is 0 Å². The van der Waals surface area contributed by atoms with Crippen molar-refractivity contribution in [2.24, 2.45) is 5.92 Å². The predicted octanol–water partition coefficient (Wildman–Crippen LogP) is 0.958. The van der Waals surface area contributed by atoms with E-state index in [-0.39, 0.29) is 24.4 Å². The van der Waals surface area contributed by atoms with E-state index in [1.165, 1.54) is 11.1 Å². The van der Waals surface area contributed by atoms with Crippen molar-refractivity contribution in [2.75, 3.05) is 45.3 Å². The van der Waals surface area contributed by atoms with E-state index in [4.69, 9.17) is 4.74 Å². The zero-order valence-electron chi connectivity index (χ0n) is 17.6. The zero-order chi connectivity index (χ0) is 21.5. The number of rotatable bonds is 6. The maximum atomic E-state index is 13.1. The molecule has 0 bridgehead atoms. The Bertz CT molecular complexity index is 996. The van der Waals surface area contributed by atoms with Crippen LogP contribution in [-0.2, 0) is 26.5 Å². The number of benzene rings is 1. The number of hydrogen-bond acceptors (Lipinski definition) is 6. The summed E-state index contributed by atoms with van der Waals surface area (Å²) in [6.07, 6.45) is 4.70. The van der Waals surface area contributed by atoms with E-state index in [2.05, 4.69) is 21.8 Å². The van der Waals surface area contributed by atoms with Crippen LogP contribution in [-0.4, -0.2) is 77.4 Å². The van der Waals surface area contributed by atoms with Gasteiger partial charge in [0.05, 0.1) is 19.1 Å². The molecule has 0 unspecified atom stereocenters. The summed E-state index contributed by atoms with van der Waals surface area (Å²) < 4.78 is 58.1. The molecule has 168 valence electrons.